The molecule has 0 unspecified atom stereocenters. The number of hydrogen-bond donors (Lipinski definition) is 1. The van der Waals surface area contributed by atoms with E-state index < -0.39 is 10.0 Å². The standard InChI is InChI=1S/C15H20ClN3O5S/c1-9-14(15(16)19(2)18-9)25(20,21)17-8-10-6-11(22-3)13(24-5)12(7-10)23-4/h6-7,17H,8H2,1-5H3. The van der Waals surface area contributed by atoms with Crippen LogP contribution >= 0.6 is 11.6 Å². The van der Waals surface area contributed by atoms with Crippen molar-refractivity contribution < 1.29 is 22.6 Å². The third-order valence-electron chi connectivity index (χ3n) is 3.56. The summed E-state index contributed by atoms with van der Waals surface area (Å²) >= 11 is 6.04. The Kier molecular flexibility index (Phi) is 5.81. The Bertz CT molecular complexity index is 855. The fraction of sp³-hybridized carbons (Fsp3) is 0.400. The molecule has 0 amide bonds. The van der Waals surface area contributed by atoms with Gasteiger partial charge in [-0.1, -0.05) is 11.6 Å². The second kappa shape index (κ2) is 7.51. The van der Waals surface area contributed by atoms with Crippen LogP contribution in [0.2, 0.25) is 5.15 Å². The van der Waals surface area contributed by atoms with E-state index in [9.17, 15) is 8.42 Å². The lowest BCUT2D eigenvalue weighted by Gasteiger charge is -2.14. The molecule has 2 rings (SSSR count). The lowest BCUT2D eigenvalue weighted by atomic mass is 10.2. The number of hydrogen-bond acceptors (Lipinski definition) is 6. The van der Waals surface area contributed by atoms with Crippen molar-refractivity contribution in [1.82, 2.24) is 14.5 Å². The molecule has 0 aliphatic heterocycles. The predicted octanol–water partition coefficient (Wildman–Crippen LogP) is 1.89. The molecule has 1 N–H and O–H groups in total. The predicted molar refractivity (Wildman–Crippen MR) is 93.1 cm³/mol. The maximum absolute atomic E-state index is 12.6. The molecule has 0 bridgehead atoms. The van der Waals surface area contributed by atoms with Gasteiger partial charge in [0.2, 0.25) is 15.8 Å². The molecule has 1 heterocycles. The molecular weight excluding hydrogens is 370 g/mol. The van der Waals surface area contributed by atoms with Gasteiger partial charge in [-0.05, 0) is 24.6 Å². The number of aryl methyl sites for hydroxylation is 2. The summed E-state index contributed by atoms with van der Waals surface area (Å²) in [6.07, 6.45) is 0. The number of benzene rings is 1. The Morgan fingerprint density at radius 1 is 1.16 bits per heavy atom. The molecular formula is C15H20ClN3O5S. The summed E-state index contributed by atoms with van der Waals surface area (Å²) < 4.78 is 44.7. The number of aromatic nitrogens is 2. The van der Waals surface area contributed by atoms with Gasteiger partial charge in [0, 0.05) is 13.6 Å². The summed E-state index contributed by atoms with van der Waals surface area (Å²) in [5.74, 6) is 1.31. The van der Waals surface area contributed by atoms with Crippen molar-refractivity contribution in [3.63, 3.8) is 0 Å². The highest BCUT2D eigenvalue weighted by molar-refractivity contribution is 7.89. The number of rotatable bonds is 7. The number of nitrogens with zero attached hydrogens (tertiary/aromatic N) is 2. The quantitative estimate of drug-likeness (QED) is 0.777. The van der Waals surface area contributed by atoms with Crippen molar-refractivity contribution >= 4 is 21.6 Å². The molecule has 8 nitrogen and oxygen atoms in total. The molecule has 1 aromatic carbocycles. The van der Waals surface area contributed by atoms with Crippen molar-refractivity contribution in [3.05, 3.63) is 28.5 Å². The molecule has 0 aliphatic rings. The molecule has 10 heteroatoms. The van der Waals surface area contributed by atoms with Crippen molar-refractivity contribution in [2.24, 2.45) is 7.05 Å². The van der Waals surface area contributed by atoms with Crippen LogP contribution < -0.4 is 18.9 Å². The zero-order valence-electron chi connectivity index (χ0n) is 14.6. The highest BCUT2D eigenvalue weighted by Crippen LogP contribution is 2.38. The van der Waals surface area contributed by atoms with Gasteiger partial charge in [-0.25, -0.2) is 13.1 Å². The Hall–Kier alpha value is -1.97. The molecule has 0 atom stereocenters. The third-order valence-corrected chi connectivity index (χ3v) is 5.66. The molecule has 138 valence electrons. The van der Waals surface area contributed by atoms with E-state index in [2.05, 4.69) is 9.82 Å². The Balaban J connectivity index is 2.32. The fourth-order valence-corrected chi connectivity index (χ4v) is 4.17. The first kappa shape index (κ1) is 19.4. The second-order valence-electron chi connectivity index (χ2n) is 5.19. The lowest BCUT2D eigenvalue weighted by Crippen LogP contribution is -2.24. The Morgan fingerprint density at radius 3 is 2.12 bits per heavy atom. The van der Waals surface area contributed by atoms with Crippen LogP contribution in [0.5, 0.6) is 17.2 Å². The van der Waals surface area contributed by atoms with E-state index in [1.165, 1.54) is 26.0 Å². The Morgan fingerprint density at radius 2 is 1.72 bits per heavy atom. The minimum absolute atomic E-state index is 0.0176. The maximum Gasteiger partial charge on any atom is 0.245 e. The average Bonchev–Trinajstić information content (AvgIpc) is 2.84. The van der Waals surface area contributed by atoms with Gasteiger partial charge in [0.1, 0.15) is 10.0 Å². The van der Waals surface area contributed by atoms with Crippen LogP contribution in [0, 0.1) is 6.92 Å². The van der Waals surface area contributed by atoms with Crippen LogP contribution in [-0.2, 0) is 23.6 Å². The highest BCUT2D eigenvalue weighted by atomic mass is 35.5. The summed E-state index contributed by atoms with van der Waals surface area (Å²) in [7, 11) is 2.22. The maximum atomic E-state index is 12.6. The number of ether oxygens (including phenoxy) is 3. The summed E-state index contributed by atoms with van der Waals surface area (Å²) in [6, 6.07) is 3.34. The van der Waals surface area contributed by atoms with E-state index in [4.69, 9.17) is 25.8 Å². The molecule has 25 heavy (non-hydrogen) atoms. The second-order valence-corrected chi connectivity index (χ2v) is 7.25. The summed E-state index contributed by atoms with van der Waals surface area (Å²) in [6.45, 7) is 1.60. The fourth-order valence-electron chi connectivity index (χ4n) is 2.40. The smallest absolute Gasteiger partial charge is 0.245 e. The van der Waals surface area contributed by atoms with Gasteiger partial charge in [-0.3, -0.25) is 4.68 Å². The first-order chi connectivity index (χ1) is 11.7. The van der Waals surface area contributed by atoms with E-state index >= 15 is 0 Å². The number of halogens is 1. The number of sulfonamides is 1. The molecule has 0 saturated carbocycles. The number of methoxy groups -OCH3 is 3. The summed E-state index contributed by atoms with van der Waals surface area (Å²) in [5.41, 5.74) is 0.959. The van der Waals surface area contributed by atoms with E-state index in [0.717, 1.165) is 0 Å². The van der Waals surface area contributed by atoms with Gasteiger partial charge in [-0.15, -0.1) is 0 Å². The van der Waals surface area contributed by atoms with Crippen LogP contribution in [0.3, 0.4) is 0 Å². The molecule has 0 saturated heterocycles. The zero-order valence-corrected chi connectivity index (χ0v) is 16.2. The molecule has 0 fully saturated rings. The molecule has 2 aromatic rings. The first-order valence-corrected chi connectivity index (χ1v) is 9.09. The van der Waals surface area contributed by atoms with Crippen LogP contribution in [0.1, 0.15) is 11.3 Å². The summed E-state index contributed by atoms with van der Waals surface area (Å²) in [4.78, 5) is -0.0379. The minimum atomic E-state index is -3.83. The van der Waals surface area contributed by atoms with E-state index in [-0.39, 0.29) is 16.6 Å². The zero-order chi connectivity index (χ0) is 18.8. The van der Waals surface area contributed by atoms with Crippen molar-refractivity contribution in [2.45, 2.75) is 18.4 Å². The van der Waals surface area contributed by atoms with E-state index in [0.29, 0.717) is 28.5 Å². The first-order valence-electron chi connectivity index (χ1n) is 7.22. The molecule has 0 aliphatic carbocycles. The van der Waals surface area contributed by atoms with Gasteiger partial charge < -0.3 is 14.2 Å². The molecule has 0 spiro atoms. The van der Waals surface area contributed by atoms with Gasteiger partial charge in [0.15, 0.2) is 11.5 Å². The monoisotopic (exact) mass is 389 g/mol. The van der Waals surface area contributed by atoms with Crippen LogP contribution in [0.4, 0.5) is 0 Å². The topological polar surface area (TPSA) is 91.7 Å². The lowest BCUT2D eigenvalue weighted by molar-refractivity contribution is 0.323. The van der Waals surface area contributed by atoms with E-state index in [1.807, 2.05) is 0 Å². The van der Waals surface area contributed by atoms with Gasteiger partial charge >= 0.3 is 0 Å². The minimum Gasteiger partial charge on any atom is -0.493 e. The molecule has 1 aromatic heterocycles. The van der Waals surface area contributed by atoms with Crippen LogP contribution in [0.15, 0.2) is 17.0 Å². The number of nitrogens with one attached hydrogen (secondary N) is 1. The average molecular weight is 390 g/mol. The third kappa shape index (κ3) is 3.83. The van der Waals surface area contributed by atoms with Crippen molar-refractivity contribution in [2.75, 3.05) is 21.3 Å². The SMILES string of the molecule is COc1cc(CNS(=O)(=O)c2c(C)nn(C)c2Cl)cc(OC)c1OC. The van der Waals surface area contributed by atoms with Crippen molar-refractivity contribution in [1.29, 1.82) is 0 Å². The van der Waals surface area contributed by atoms with Gasteiger partial charge in [-0.2, -0.15) is 5.10 Å². The Labute approximate surface area is 151 Å². The largest absolute Gasteiger partial charge is 0.493 e. The van der Waals surface area contributed by atoms with Crippen LogP contribution in [0.25, 0.3) is 0 Å². The highest BCUT2D eigenvalue weighted by Gasteiger charge is 2.25. The normalized spacial score (nSPS) is 11.4. The van der Waals surface area contributed by atoms with E-state index in [1.54, 1.807) is 26.1 Å². The van der Waals surface area contributed by atoms with Crippen LogP contribution in [-0.4, -0.2) is 39.5 Å². The summed E-state index contributed by atoms with van der Waals surface area (Å²) in [5, 5.41) is 4.07. The van der Waals surface area contributed by atoms with Crippen molar-refractivity contribution in [3.8, 4) is 17.2 Å². The molecule has 0 radical (unpaired) electrons. The van der Waals surface area contributed by atoms with Gasteiger partial charge in [0.25, 0.3) is 0 Å². The van der Waals surface area contributed by atoms with Gasteiger partial charge in [0.05, 0.1) is 27.0 Å².